The van der Waals surface area contributed by atoms with Gasteiger partial charge in [-0.25, -0.2) is 4.39 Å². The second-order valence-electron chi connectivity index (χ2n) is 5.24. The van der Waals surface area contributed by atoms with E-state index in [1.807, 2.05) is 0 Å². The number of nitrogens with one attached hydrogen (secondary N) is 1. The quantitative estimate of drug-likeness (QED) is 0.511. The number of amides is 1. The lowest BCUT2D eigenvalue weighted by molar-refractivity contribution is -0.385. The van der Waals surface area contributed by atoms with Gasteiger partial charge in [-0.05, 0) is 30.7 Å². The number of halogens is 4. The number of nitro benzene ring substituents is 1. The maximum atomic E-state index is 13.0. The first kappa shape index (κ1) is 18.4. The second-order valence-corrected chi connectivity index (χ2v) is 5.24. The largest absolute Gasteiger partial charge is 0.416 e. The molecule has 0 saturated carbocycles. The zero-order valence-electron chi connectivity index (χ0n) is 12.9. The minimum atomic E-state index is -4.77. The van der Waals surface area contributed by atoms with E-state index in [0.29, 0.717) is 11.6 Å². The Bertz CT molecular complexity index is 835. The Hall–Kier alpha value is -2.97. The van der Waals surface area contributed by atoms with Gasteiger partial charge in [-0.3, -0.25) is 14.9 Å². The Morgan fingerprint density at radius 1 is 1.20 bits per heavy atom. The SMILES string of the molecule is Cc1ccc(C(=O)NCc2ccc(F)cc2C(F)(F)F)cc1[N+](=O)[O-]. The molecule has 0 unspecified atom stereocenters. The zero-order chi connectivity index (χ0) is 18.8. The van der Waals surface area contributed by atoms with Crippen molar-refractivity contribution in [2.24, 2.45) is 0 Å². The van der Waals surface area contributed by atoms with E-state index in [1.165, 1.54) is 19.1 Å². The number of nitrogens with zero attached hydrogens (tertiary/aromatic N) is 1. The van der Waals surface area contributed by atoms with Gasteiger partial charge < -0.3 is 5.32 Å². The average molecular weight is 356 g/mol. The fourth-order valence-corrected chi connectivity index (χ4v) is 2.19. The summed E-state index contributed by atoms with van der Waals surface area (Å²) in [6, 6.07) is 5.86. The Morgan fingerprint density at radius 2 is 1.88 bits per heavy atom. The van der Waals surface area contributed by atoms with Gasteiger partial charge in [0.15, 0.2) is 0 Å². The molecule has 0 spiro atoms. The van der Waals surface area contributed by atoms with Crippen molar-refractivity contribution in [3.8, 4) is 0 Å². The summed E-state index contributed by atoms with van der Waals surface area (Å²) in [7, 11) is 0. The first-order valence-corrected chi connectivity index (χ1v) is 6.98. The number of carbonyl (C=O) groups excluding carboxylic acids is 1. The summed E-state index contributed by atoms with van der Waals surface area (Å²) >= 11 is 0. The maximum Gasteiger partial charge on any atom is 0.416 e. The highest BCUT2D eigenvalue weighted by molar-refractivity contribution is 5.94. The molecule has 0 fully saturated rings. The zero-order valence-corrected chi connectivity index (χ0v) is 12.9. The fraction of sp³-hybridized carbons (Fsp3) is 0.188. The van der Waals surface area contributed by atoms with Crippen LogP contribution >= 0.6 is 0 Å². The normalized spacial score (nSPS) is 11.2. The highest BCUT2D eigenvalue weighted by Gasteiger charge is 2.33. The molecule has 0 aromatic heterocycles. The van der Waals surface area contributed by atoms with Gasteiger partial charge in [0.05, 0.1) is 10.5 Å². The van der Waals surface area contributed by atoms with Gasteiger partial charge in [0.25, 0.3) is 11.6 Å². The maximum absolute atomic E-state index is 13.0. The molecule has 1 amide bonds. The van der Waals surface area contributed by atoms with Gasteiger partial charge in [-0.15, -0.1) is 0 Å². The van der Waals surface area contributed by atoms with Crippen LogP contribution in [0.5, 0.6) is 0 Å². The molecule has 0 aliphatic rings. The van der Waals surface area contributed by atoms with Crippen LogP contribution in [0, 0.1) is 22.9 Å². The Balaban J connectivity index is 2.21. The molecule has 2 aromatic rings. The highest BCUT2D eigenvalue weighted by atomic mass is 19.4. The van der Waals surface area contributed by atoms with Crippen molar-refractivity contribution in [1.29, 1.82) is 0 Å². The van der Waals surface area contributed by atoms with Crippen LogP contribution in [0.1, 0.15) is 27.0 Å². The van der Waals surface area contributed by atoms with Crippen LogP contribution in [0.4, 0.5) is 23.2 Å². The van der Waals surface area contributed by atoms with Gasteiger partial charge in [0.2, 0.25) is 0 Å². The van der Waals surface area contributed by atoms with E-state index in [2.05, 4.69) is 5.32 Å². The lowest BCUT2D eigenvalue weighted by Gasteiger charge is -2.13. The van der Waals surface area contributed by atoms with Gasteiger partial charge in [0, 0.05) is 23.7 Å². The van der Waals surface area contributed by atoms with Crippen LogP contribution in [0.25, 0.3) is 0 Å². The molecule has 0 heterocycles. The minimum absolute atomic E-state index is 0.0621. The highest BCUT2D eigenvalue weighted by Crippen LogP contribution is 2.32. The molecule has 0 bridgehead atoms. The summed E-state index contributed by atoms with van der Waals surface area (Å²) in [5, 5.41) is 13.1. The second kappa shape index (κ2) is 6.88. The third kappa shape index (κ3) is 4.31. The Morgan fingerprint density at radius 3 is 2.48 bits per heavy atom. The number of hydrogen-bond donors (Lipinski definition) is 1. The third-order valence-corrected chi connectivity index (χ3v) is 3.48. The van der Waals surface area contributed by atoms with Gasteiger partial charge in [-0.1, -0.05) is 12.1 Å². The van der Waals surface area contributed by atoms with Crippen molar-refractivity contribution in [3.05, 3.63) is 74.6 Å². The van der Waals surface area contributed by atoms with Crippen molar-refractivity contribution >= 4 is 11.6 Å². The van der Waals surface area contributed by atoms with Crippen LogP contribution in [0.15, 0.2) is 36.4 Å². The first-order chi connectivity index (χ1) is 11.6. The molecule has 25 heavy (non-hydrogen) atoms. The van der Waals surface area contributed by atoms with Crippen LogP contribution in [-0.4, -0.2) is 10.8 Å². The fourth-order valence-electron chi connectivity index (χ4n) is 2.19. The van der Waals surface area contributed by atoms with Crippen molar-refractivity contribution in [1.82, 2.24) is 5.32 Å². The molecular formula is C16H12F4N2O3. The molecule has 9 heteroatoms. The molecule has 1 N–H and O–H groups in total. The molecule has 0 atom stereocenters. The Kier molecular flexibility index (Phi) is 5.05. The van der Waals surface area contributed by atoms with Gasteiger partial charge >= 0.3 is 6.18 Å². The summed E-state index contributed by atoms with van der Waals surface area (Å²) in [5.41, 5.74) is -1.50. The van der Waals surface area contributed by atoms with E-state index < -0.39 is 34.9 Å². The van der Waals surface area contributed by atoms with E-state index >= 15 is 0 Å². The van der Waals surface area contributed by atoms with E-state index in [1.54, 1.807) is 0 Å². The van der Waals surface area contributed by atoms with Crippen LogP contribution in [0.3, 0.4) is 0 Å². The number of hydrogen-bond acceptors (Lipinski definition) is 3. The van der Waals surface area contributed by atoms with Crippen LogP contribution < -0.4 is 5.32 Å². The summed E-state index contributed by atoms with van der Waals surface area (Å²) < 4.78 is 51.8. The monoisotopic (exact) mass is 356 g/mol. The summed E-state index contributed by atoms with van der Waals surface area (Å²) in [5.74, 6) is -1.82. The predicted octanol–water partition coefficient (Wildman–Crippen LogP) is 3.99. The lowest BCUT2D eigenvalue weighted by Crippen LogP contribution is -2.24. The average Bonchev–Trinajstić information content (AvgIpc) is 2.52. The van der Waals surface area contributed by atoms with E-state index in [0.717, 1.165) is 18.2 Å². The van der Waals surface area contributed by atoms with E-state index in [4.69, 9.17) is 0 Å². The molecule has 2 aromatic carbocycles. The van der Waals surface area contributed by atoms with E-state index in [-0.39, 0.29) is 16.8 Å². The number of benzene rings is 2. The lowest BCUT2D eigenvalue weighted by atomic mass is 10.1. The number of alkyl halides is 3. The standard InChI is InChI=1S/C16H12F4N2O3/c1-9-2-3-10(6-14(9)22(24)25)15(23)21-8-11-4-5-12(17)7-13(11)16(18,19)20/h2-7H,8H2,1H3,(H,21,23). The predicted molar refractivity (Wildman–Crippen MR) is 80.4 cm³/mol. The molecule has 0 aliphatic heterocycles. The molecule has 0 radical (unpaired) electrons. The van der Waals surface area contributed by atoms with E-state index in [9.17, 15) is 32.5 Å². The van der Waals surface area contributed by atoms with Crippen LogP contribution in [0.2, 0.25) is 0 Å². The molecule has 2 rings (SSSR count). The number of nitro groups is 1. The topological polar surface area (TPSA) is 72.2 Å². The number of aryl methyl sites for hydroxylation is 1. The summed E-state index contributed by atoms with van der Waals surface area (Å²) in [4.78, 5) is 22.3. The molecule has 0 saturated heterocycles. The van der Waals surface area contributed by atoms with Crippen molar-refractivity contribution in [2.75, 3.05) is 0 Å². The Labute approximate surface area is 139 Å². The van der Waals surface area contributed by atoms with Gasteiger partial charge in [0.1, 0.15) is 5.82 Å². The van der Waals surface area contributed by atoms with Crippen molar-refractivity contribution in [2.45, 2.75) is 19.6 Å². The molecular weight excluding hydrogens is 344 g/mol. The summed E-state index contributed by atoms with van der Waals surface area (Å²) in [6.45, 7) is 0.990. The first-order valence-electron chi connectivity index (χ1n) is 6.98. The molecule has 132 valence electrons. The van der Waals surface area contributed by atoms with Gasteiger partial charge in [-0.2, -0.15) is 13.2 Å². The third-order valence-electron chi connectivity index (χ3n) is 3.48. The van der Waals surface area contributed by atoms with Crippen molar-refractivity contribution in [3.63, 3.8) is 0 Å². The smallest absolute Gasteiger partial charge is 0.348 e. The molecule has 0 aliphatic carbocycles. The number of rotatable bonds is 4. The van der Waals surface area contributed by atoms with Crippen LogP contribution in [-0.2, 0) is 12.7 Å². The summed E-state index contributed by atoms with van der Waals surface area (Å²) in [6.07, 6.45) is -4.77. The van der Waals surface area contributed by atoms with Crippen molar-refractivity contribution < 1.29 is 27.3 Å². The molecule has 5 nitrogen and oxygen atoms in total. The number of carbonyl (C=O) groups is 1. The minimum Gasteiger partial charge on any atom is -0.348 e.